The number of ether oxygens (including phenoxy) is 1. The van der Waals surface area contributed by atoms with Crippen molar-refractivity contribution in [2.45, 2.75) is 18.9 Å². The number of benzene rings is 1. The van der Waals surface area contributed by atoms with Crippen LogP contribution in [0.15, 0.2) is 30.3 Å². The van der Waals surface area contributed by atoms with E-state index < -0.39 is 0 Å². The van der Waals surface area contributed by atoms with Gasteiger partial charge in [0.25, 0.3) is 0 Å². The molecule has 0 unspecified atom stereocenters. The minimum atomic E-state index is -0.176. The van der Waals surface area contributed by atoms with Crippen molar-refractivity contribution in [3.8, 4) is 0 Å². The van der Waals surface area contributed by atoms with Gasteiger partial charge in [-0.15, -0.1) is 0 Å². The number of methoxy groups -OCH3 is 1. The Hall–Kier alpha value is -1.35. The molecule has 0 heterocycles. The average molecular weight is 207 g/mol. The molecular weight excluding hydrogens is 190 g/mol. The molecule has 1 rings (SSSR count). The Labute approximate surface area is 90.4 Å². The van der Waals surface area contributed by atoms with Gasteiger partial charge >= 0.3 is 5.97 Å². The van der Waals surface area contributed by atoms with Crippen LogP contribution in [0.2, 0.25) is 0 Å². The first-order chi connectivity index (χ1) is 7.26. The van der Waals surface area contributed by atoms with Gasteiger partial charge in [0, 0.05) is 6.04 Å². The molecule has 0 aromatic heterocycles. The highest BCUT2D eigenvalue weighted by Crippen LogP contribution is 2.05. The molecule has 0 spiro atoms. The van der Waals surface area contributed by atoms with Gasteiger partial charge in [-0.05, 0) is 19.0 Å². The molecule has 0 aliphatic heterocycles. The lowest BCUT2D eigenvalue weighted by molar-refractivity contribution is -0.141. The quantitative estimate of drug-likeness (QED) is 0.741. The van der Waals surface area contributed by atoms with Crippen molar-refractivity contribution in [2.75, 3.05) is 14.2 Å². The standard InChI is InChI=1S/C12H17NO2/c1-13-11(9-12(14)15-2)8-10-6-4-3-5-7-10/h3-7,11,13H,8-9H2,1-2H3/t11-/m0/s1. The molecule has 0 fully saturated rings. The molecule has 1 atom stereocenters. The molecule has 0 aliphatic carbocycles. The highest BCUT2D eigenvalue weighted by atomic mass is 16.5. The van der Waals surface area contributed by atoms with Gasteiger partial charge in [-0.3, -0.25) is 4.79 Å². The van der Waals surface area contributed by atoms with E-state index in [1.165, 1.54) is 12.7 Å². The SMILES string of the molecule is CN[C@H](CC(=O)OC)Cc1ccccc1. The van der Waals surface area contributed by atoms with Gasteiger partial charge < -0.3 is 10.1 Å². The van der Waals surface area contributed by atoms with Crippen LogP contribution in [0.1, 0.15) is 12.0 Å². The number of nitrogens with one attached hydrogen (secondary N) is 1. The number of hydrogen-bond acceptors (Lipinski definition) is 3. The number of likely N-dealkylation sites (N-methyl/N-ethyl adjacent to an activating group) is 1. The van der Waals surface area contributed by atoms with Crippen molar-refractivity contribution < 1.29 is 9.53 Å². The normalized spacial score (nSPS) is 12.1. The Morgan fingerprint density at radius 1 is 1.40 bits per heavy atom. The summed E-state index contributed by atoms with van der Waals surface area (Å²) in [5.74, 6) is -0.176. The Morgan fingerprint density at radius 2 is 2.07 bits per heavy atom. The second-order valence-electron chi connectivity index (χ2n) is 3.46. The van der Waals surface area contributed by atoms with E-state index >= 15 is 0 Å². The zero-order valence-electron chi connectivity index (χ0n) is 9.19. The first-order valence-corrected chi connectivity index (χ1v) is 5.04. The third-order valence-corrected chi connectivity index (χ3v) is 2.37. The lowest BCUT2D eigenvalue weighted by atomic mass is 10.0. The summed E-state index contributed by atoms with van der Waals surface area (Å²) in [4.78, 5) is 11.1. The largest absolute Gasteiger partial charge is 0.469 e. The predicted octanol–water partition coefficient (Wildman–Crippen LogP) is 1.38. The van der Waals surface area contributed by atoms with Gasteiger partial charge in [-0.2, -0.15) is 0 Å². The van der Waals surface area contributed by atoms with E-state index in [9.17, 15) is 4.79 Å². The van der Waals surface area contributed by atoms with Crippen molar-refractivity contribution in [2.24, 2.45) is 0 Å². The maximum atomic E-state index is 11.1. The topological polar surface area (TPSA) is 38.3 Å². The smallest absolute Gasteiger partial charge is 0.307 e. The number of esters is 1. The van der Waals surface area contributed by atoms with Gasteiger partial charge in [0.15, 0.2) is 0 Å². The Bertz CT molecular complexity index is 298. The Kier molecular flexibility index (Phi) is 4.84. The van der Waals surface area contributed by atoms with E-state index in [1.807, 2.05) is 25.2 Å². The lowest BCUT2D eigenvalue weighted by Gasteiger charge is -2.14. The Balaban J connectivity index is 2.50. The summed E-state index contributed by atoms with van der Waals surface area (Å²) in [6.45, 7) is 0. The highest BCUT2D eigenvalue weighted by Gasteiger charge is 2.12. The zero-order chi connectivity index (χ0) is 11.1. The molecule has 0 radical (unpaired) electrons. The van der Waals surface area contributed by atoms with Crippen LogP contribution in [0, 0.1) is 0 Å². The summed E-state index contributed by atoms with van der Waals surface area (Å²) < 4.78 is 4.64. The first-order valence-electron chi connectivity index (χ1n) is 5.04. The monoisotopic (exact) mass is 207 g/mol. The van der Waals surface area contributed by atoms with Crippen LogP contribution in [0.5, 0.6) is 0 Å². The summed E-state index contributed by atoms with van der Waals surface area (Å²) in [6.07, 6.45) is 1.24. The molecule has 3 heteroatoms. The van der Waals surface area contributed by atoms with Crippen molar-refractivity contribution >= 4 is 5.97 Å². The molecule has 1 N–H and O–H groups in total. The van der Waals surface area contributed by atoms with Gasteiger partial charge in [0.1, 0.15) is 0 Å². The minimum absolute atomic E-state index is 0.139. The summed E-state index contributed by atoms with van der Waals surface area (Å²) >= 11 is 0. The van der Waals surface area contributed by atoms with Crippen LogP contribution in [-0.2, 0) is 16.0 Å². The van der Waals surface area contributed by atoms with E-state index in [-0.39, 0.29) is 12.0 Å². The molecule has 3 nitrogen and oxygen atoms in total. The summed E-state index contributed by atoms with van der Waals surface area (Å²) in [5, 5.41) is 3.11. The Morgan fingerprint density at radius 3 is 2.60 bits per heavy atom. The van der Waals surface area contributed by atoms with Gasteiger partial charge in [-0.25, -0.2) is 0 Å². The van der Waals surface area contributed by atoms with E-state index in [1.54, 1.807) is 0 Å². The van der Waals surface area contributed by atoms with Gasteiger partial charge in [0.05, 0.1) is 13.5 Å². The van der Waals surface area contributed by atoms with Crippen LogP contribution >= 0.6 is 0 Å². The first kappa shape index (κ1) is 11.7. The molecule has 0 bridgehead atoms. The predicted molar refractivity (Wildman–Crippen MR) is 59.6 cm³/mol. The molecular formula is C12H17NO2. The van der Waals surface area contributed by atoms with Crippen LogP contribution in [-0.4, -0.2) is 26.2 Å². The fraction of sp³-hybridized carbons (Fsp3) is 0.417. The van der Waals surface area contributed by atoms with Crippen molar-refractivity contribution in [3.63, 3.8) is 0 Å². The fourth-order valence-electron chi connectivity index (χ4n) is 1.46. The lowest BCUT2D eigenvalue weighted by Crippen LogP contribution is -2.30. The van der Waals surface area contributed by atoms with E-state index in [0.29, 0.717) is 6.42 Å². The highest BCUT2D eigenvalue weighted by molar-refractivity contribution is 5.69. The molecule has 1 aromatic carbocycles. The third-order valence-electron chi connectivity index (χ3n) is 2.37. The summed E-state index contributed by atoms with van der Waals surface area (Å²) in [7, 11) is 3.27. The molecule has 0 amide bonds. The third kappa shape index (κ3) is 4.13. The van der Waals surface area contributed by atoms with Crippen molar-refractivity contribution in [3.05, 3.63) is 35.9 Å². The van der Waals surface area contributed by atoms with E-state index in [2.05, 4.69) is 22.2 Å². The zero-order valence-corrected chi connectivity index (χ0v) is 9.19. The molecule has 15 heavy (non-hydrogen) atoms. The molecule has 0 aliphatic rings. The number of carbonyl (C=O) groups is 1. The maximum Gasteiger partial charge on any atom is 0.307 e. The summed E-state index contributed by atoms with van der Waals surface area (Å²) in [5.41, 5.74) is 1.22. The summed E-state index contributed by atoms with van der Waals surface area (Å²) in [6, 6.07) is 10.2. The molecule has 82 valence electrons. The minimum Gasteiger partial charge on any atom is -0.469 e. The number of hydrogen-bond donors (Lipinski definition) is 1. The second kappa shape index (κ2) is 6.19. The van der Waals surface area contributed by atoms with Crippen LogP contribution in [0.25, 0.3) is 0 Å². The van der Waals surface area contributed by atoms with Gasteiger partial charge in [-0.1, -0.05) is 30.3 Å². The number of rotatable bonds is 5. The van der Waals surface area contributed by atoms with E-state index in [4.69, 9.17) is 0 Å². The van der Waals surface area contributed by atoms with Crippen LogP contribution in [0.3, 0.4) is 0 Å². The van der Waals surface area contributed by atoms with Crippen LogP contribution < -0.4 is 5.32 Å². The van der Waals surface area contributed by atoms with Crippen molar-refractivity contribution in [1.29, 1.82) is 0 Å². The average Bonchev–Trinajstić information content (AvgIpc) is 2.29. The van der Waals surface area contributed by atoms with Crippen LogP contribution in [0.4, 0.5) is 0 Å². The maximum absolute atomic E-state index is 11.1. The van der Waals surface area contributed by atoms with Crippen molar-refractivity contribution in [1.82, 2.24) is 5.32 Å². The van der Waals surface area contributed by atoms with Gasteiger partial charge in [0.2, 0.25) is 0 Å². The second-order valence-corrected chi connectivity index (χ2v) is 3.46. The molecule has 0 saturated carbocycles. The molecule has 1 aromatic rings. The molecule has 0 saturated heterocycles. The van der Waals surface area contributed by atoms with E-state index in [0.717, 1.165) is 6.42 Å². The number of carbonyl (C=O) groups excluding carboxylic acids is 1. The fourth-order valence-corrected chi connectivity index (χ4v) is 1.46.